The molecule has 0 atom stereocenters. The quantitative estimate of drug-likeness (QED) is 0.790. The largest absolute Gasteiger partial charge is 0.437 e. The maximum absolute atomic E-state index is 9.07. The van der Waals surface area contributed by atoms with Crippen LogP contribution in [-0.2, 0) is 6.61 Å². The summed E-state index contributed by atoms with van der Waals surface area (Å²) in [7, 11) is 0. The number of para-hydroxylation sites is 1. The van der Waals surface area contributed by atoms with Crippen LogP contribution in [0, 0.1) is 6.92 Å². The molecular formula is C16H14N2O2. The Hall–Kier alpha value is -2.46. The number of aromatic nitrogens is 2. The third-order valence-corrected chi connectivity index (χ3v) is 3.05. The van der Waals surface area contributed by atoms with Crippen LogP contribution in [0.1, 0.15) is 11.1 Å². The third kappa shape index (κ3) is 2.46. The van der Waals surface area contributed by atoms with Crippen molar-refractivity contribution in [3.05, 3.63) is 59.9 Å². The molecule has 4 nitrogen and oxygen atoms in total. The predicted octanol–water partition coefficient (Wildman–Crippen LogP) is 3.22. The maximum atomic E-state index is 9.07. The van der Waals surface area contributed by atoms with Gasteiger partial charge in [0.05, 0.1) is 18.3 Å². The van der Waals surface area contributed by atoms with E-state index in [4.69, 9.17) is 9.84 Å². The second kappa shape index (κ2) is 5.27. The van der Waals surface area contributed by atoms with Crippen molar-refractivity contribution in [2.45, 2.75) is 13.5 Å². The molecule has 0 radical (unpaired) electrons. The molecule has 0 saturated carbocycles. The minimum absolute atomic E-state index is 0.0222. The van der Waals surface area contributed by atoms with Crippen molar-refractivity contribution in [3.63, 3.8) is 0 Å². The minimum atomic E-state index is -0.0222. The van der Waals surface area contributed by atoms with E-state index in [-0.39, 0.29) is 6.61 Å². The van der Waals surface area contributed by atoms with Crippen molar-refractivity contribution in [3.8, 4) is 11.6 Å². The highest BCUT2D eigenvalue weighted by atomic mass is 16.5. The standard InChI is InChI=1S/C16H14N2O2/c1-11-6-12(10-19)8-18-16(11)20-14-7-13-4-2-3-5-15(13)17-9-14/h2-9,19H,10H2,1H3. The summed E-state index contributed by atoms with van der Waals surface area (Å²) < 4.78 is 5.76. The van der Waals surface area contributed by atoms with E-state index in [9.17, 15) is 0 Å². The number of rotatable bonds is 3. The molecule has 3 aromatic rings. The van der Waals surface area contributed by atoms with Crippen LogP contribution < -0.4 is 4.74 Å². The molecule has 1 N–H and O–H groups in total. The van der Waals surface area contributed by atoms with Gasteiger partial charge >= 0.3 is 0 Å². The van der Waals surface area contributed by atoms with Gasteiger partial charge in [-0.05, 0) is 30.7 Å². The third-order valence-electron chi connectivity index (χ3n) is 3.05. The summed E-state index contributed by atoms with van der Waals surface area (Å²) in [6, 6.07) is 11.7. The second-order valence-corrected chi connectivity index (χ2v) is 4.59. The second-order valence-electron chi connectivity index (χ2n) is 4.59. The molecule has 3 rings (SSSR count). The van der Waals surface area contributed by atoms with Gasteiger partial charge in [-0.2, -0.15) is 0 Å². The summed E-state index contributed by atoms with van der Waals surface area (Å²) in [6.07, 6.45) is 3.29. The Morgan fingerprint density at radius 2 is 1.95 bits per heavy atom. The van der Waals surface area contributed by atoms with Crippen molar-refractivity contribution in [2.24, 2.45) is 0 Å². The van der Waals surface area contributed by atoms with E-state index >= 15 is 0 Å². The monoisotopic (exact) mass is 266 g/mol. The van der Waals surface area contributed by atoms with Gasteiger partial charge in [-0.3, -0.25) is 4.98 Å². The molecule has 2 aromatic heterocycles. The zero-order chi connectivity index (χ0) is 13.9. The van der Waals surface area contributed by atoms with Crippen LogP contribution in [0.25, 0.3) is 10.9 Å². The topological polar surface area (TPSA) is 55.2 Å². The zero-order valence-electron chi connectivity index (χ0n) is 11.1. The summed E-state index contributed by atoms with van der Waals surface area (Å²) in [5.41, 5.74) is 2.58. The van der Waals surface area contributed by atoms with E-state index < -0.39 is 0 Å². The smallest absolute Gasteiger partial charge is 0.222 e. The number of fused-ring (bicyclic) bond motifs is 1. The van der Waals surface area contributed by atoms with Gasteiger partial charge in [-0.25, -0.2) is 4.98 Å². The van der Waals surface area contributed by atoms with E-state index in [1.165, 1.54) is 0 Å². The molecular weight excluding hydrogens is 252 g/mol. The lowest BCUT2D eigenvalue weighted by Gasteiger charge is -2.08. The first-order valence-corrected chi connectivity index (χ1v) is 6.35. The fourth-order valence-corrected chi connectivity index (χ4v) is 2.03. The molecule has 0 bridgehead atoms. The SMILES string of the molecule is Cc1cc(CO)cnc1Oc1cnc2ccccc2c1. The molecule has 0 unspecified atom stereocenters. The maximum Gasteiger partial charge on any atom is 0.222 e. The number of aliphatic hydroxyl groups excluding tert-OH is 1. The zero-order valence-corrected chi connectivity index (χ0v) is 11.1. The number of hydrogen-bond donors (Lipinski definition) is 1. The van der Waals surface area contributed by atoms with Crippen LogP contribution >= 0.6 is 0 Å². The fourth-order valence-electron chi connectivity index (χ4n) is 2.03. The summed E-state index contributed by atoms with van der Waals surface area (Å²) in [5, 5.41) is 10.1. The number of ether oxygens (including phenoxy) is 1. The Balaban J connectivity index is 1.92. The normalized spacial score (nSPS) is 10.7. The Labute approximate surface area is 116 Å². The Morgan fingerprint density at radius 3 is 2.75 bits per heavy atom. The van der Waals surface area contributed by atoms with Gasteiger partial charge < -0.3 is 9.84 Å². The lowest BCUT2D eigenvalue weighted by molar-refractivity contribution is 0.281. The van der Waals surface area contributed by atoms with Gasteiger partial charge in [0.2, 0.25) is 5.88 Å². The van der Waals surface area contributed by atoms with Crippen LogP contribution in [0.2, 0.25) is 0 Å². The molecule has 0 amide bonds. The number of nitrogens with zero attached hydrogens (tertiary/aromatic N) is 2. The Bertz CT molecular complexity index is 756. The summed E-state index contributed by atoms with van der Waals surface area (Å²) in [5.74, 6) is 1.18. The highest BCUT2D eigenvalue weighted by Crippen LogP contribution is 2.25. The summed E-state index contributed by atoms with van der Waals surface area (Å²) in [6.45, 7) is 1.88. The van der Waals surface area contributed by atoms with Gasteiger partial charge in [-0.1, -0.05) is 18.2 Å². The van der Waals surface area contributed by atoms with E-state index in [0.29, 0.717) is 11.6 Å². The van der Waals surface area contributed by atoms with Crippen LogP contribution in [0.5, 0.6) is 11.6 Å². The Morgan fingerprint density at radius 1 is 1.10 bits per heavy atom. The van der Waals surface area contributed by atoms with Crippen LogP contribution in [0.3, 0.4) is 0 Å². The van der Waals surface area contributed by atoms with Gasteiger partial charge in [0.15, 0.2) is 0 Å². The molecule has 0 aliphatic heterocycles. The van der Waals surface area contributed by atoms with E-state index in [0.717, 1.165) is 22.0 Å². The highest BCUT2D eigenvalue weighted by Gasteiger charge is 2.05. The number of pyridine rings is 2. The molecule has 4 heteroatoms. The molecule has 0 spiro atoms. The van der Waals surface area contributed by atoms with Gasteiger partial charge in [-0.15, -0.1) is 0 Å². The first kappa shape index (κ1) is 12.6. The Kier molecular flexibility index (Phi) is 3.31. The average molecular weight is 266 g/mol. The molecule has 2 heterocycles. The molecule has 0 saturated heterocycles. The molecule has 0 aliphatic rings. The number of aliphatic hydroxyl groups is 1. The van der Waals surface area contributed by atoms with E-state index in [1.54, 1.807) is 12.4 Å². The van der Waals surface area contributed by atoms with Crippen molar-refractivity contribution in [1.29, 1.82) is 0 Å². The van der Waals surface area contributed by atoms with Crippen LogP contribution in [0.4, 0.5) is 0 Å². The van der Waals surface area contributed by atoms with Crippen molar-refractivity contribution in [2.75, 3.05) is 0 Å². The number of aryl methyl sites for hydroxylation is 1. The lowest BCUT2D eigenvalue weighted by Crippen LogP contribution is -1.94. The van der Waals surface area contributed by atoms with E-state index in [1.807, 2.05) is 43.3 Å². The number of hydrogen-bond acceptors (Lipinski definition) is 4. The van der Waals surface area contributed by atoms with Crippen LogP contribution in [-0.4, -0.2) is 15.1 Å². The van der Waals surface area contributed by atoms with Gasteiger partial charge in [0.25, 0.3) is 0 Å². The van der Waals surface area contributed by atoms with E-state index in [2.05, 4.69) is 9.97 Å². The molecule has 1 aromatic carbocycles. The average Bonchev–Trinajstić information content (AvgIpc) is 2.49. The molecule has 20 heavy (non-hydrogen) atoms. The summed E-state index contributed by atoms with van der Waals surface area (Å²) >= 11 is 0. The van der Waals surface area contributed by atoms with Crippen molar-refractivity contribution < 1.29 is 9.84 Å². The first-order chi connectivity index (χ1) is 9.76. The highest BCUT2D eigenvalue weighted by molar-refractivity contribution is 5.79. The molecule has 0 fully saturated rings. The van der Waals surface area contributed by atoms with Gasteiger partial charge in [0, 0.05) is 17.1 Å². The molecule has 100 valence electrons. The predicted molar refractivity (Wildman–Crippen MR) is 76.7 cm³/mol. The van der Waals surface area contributed by atoms with Crippen molar-refractivity contribution >= 4 is 10.9 Å². The van der Waals surface area contributed by atoms with Gasteiger partial charge in [0.1, 0.15) is 5.75 Å². The number of benzene rings is 1. The minimum Gasteiger partial charge on any atom is -0.437 e. The molecule has 0 aliphatic carbocycles. The lowest BCUT2D eigenvalue weighted by atomic mass is 10.2. The van der Waals surface area contributed by atoms with Crippen LogP contribution in [0.15, 0.2) is 48.8 Å². The summed E-state index contributed by atoms with van der Waals surface area (Å²) in [4.78, 5) is 8.56. The first-order valence-electron chi connectivity index (χ1n) is 6.35. The fraction of sp³-hybridized carbons (Fsp3) is 0.125. The van der Waals surface area contributed by atoms with Crippen molar-refractivity contribution in [1.82, 2.24) is 9.97 Å².